The normalized spacial score (nSPS) is 17.8. The molecule has 6 rings (SSSR count). The highest BCUT2D eigenvalue weighted by Gasteiger charge is 2.33. The largest absolute Gasteiger partial charge is 0.392 e. The van der Waals surface area contributed by atoms with Crippen LogP contribution in [-0.4, -0.2) is 46.7 Å². The van der Waals surface area contributed by atoms with Gasteiger partial charge in [-0.05, 0) is 77.0 Å². The first-order chi connectivity index (χ1) is 25.8. The first kappa shape index (κ1) is 37.8. The third-order valence-corrected chi connectivity index (χ3v) is 10.2. The molecule has 0 bridgehead atoms. The van der Waals surface area contributed by atoms with Gasteiger partial charge in [-0.25, -0.2) is 5.48 Å². The number of nitrogens with one attached hydrogen (secondary N) is 2. The van der Waals surface area contributed by atoms with Crippen molar-refractivity contribution in [1.82, 2.24) is 15.7 Å². The van der Waals surface area contributed by atoms with Crippen molar-refractivity contribution in [3.63, 3.8) is 0 Å². The summed E-state index contributed by atoms with van der Waals surface area (Å²) in [5, 5.41) is 23.7. The van der Waals surface area contributed by atoms with Crippen LogP contribution in [0.15, 0.2) is 115 Å². The number of carbonyl (C=O) groups is 2. The molecule has 1 aliphatic rings. The maximum Gasteiger partial charge on any atom is 0.243 e. The molecule has 9 nitrogen and oxygen atoms in total. The highest BCUT2D eigenvalue weighted by atomic mass is 16.7. The molecule has 4 N–H and O–H groups in total. The van der Waals surface area contributed by atoms with Crippen molar-refractivity contribution in [3.05, 3.63) is 143 Å². The van der Waals surface area contributed by atoms with Crippen LogP contribution in [0.5, 0.6) is 0 Å². The number of hydrogen-bond donors (Lipinski definition) is 4. The Morgan fingerprint density at radius 2 is 1.49 bits per heavy atom. The number of unbranched alkanes of at least 4 members (excludes halogenated alkanes) is 1. The Kier molecular flexibility index (Phi) is 13.0. The number of hydroxylamine groups is 1. The molecule has 0 radical (unpaired) electrons. The summed E-state index contributed by atoms with van der Waals surface area (Å²) in [6, 6.07) is 39.5. The number of likely N-dealkylation sites (N-methyl/N-ethyl adjacent to an activating group) is 1. The standard InChI is InChI=1S/C44H49N3O6/c1-30(36-24-19-32-9-3-4-10-37(32)25-36)47(2)28-39-26-41(34-17-15-31(29-48)16-18-34)53-44(52-39)35-22-20-33(21-23-35)40-12-6-5-11-38(40)27-45-42(49)13-7-8-14-43(50)46-51/h3-6,9-12,15-25,30,39,41,44,48,51H,7-8,13-14,26-29H2,1-2H3,(H,45,49)(H,46,50)/t30-,39+,41-,44-/m1/s1. The van der Waals surface area contributed by atoms with Crippen LogP contribution in [0, 0.1) is 0 Å². The molecule has 9 heteroatoms. The lowest BCUT2D eigenvalue weighted by Gasteiger charge is -2.39. The van der Waals surface area contributed by atoms with E-state index in [0.29, 0.717) is 38.8 Å². The maximum atomic E-state index is 12.5. The van der Waals surface area contributed by atoms with Gasteiger partial charge in [0.25, 0.3) is 0 Å². The van der Waals surface area contributed by atoms with Crippen LogP contribution in [0.25, 0.3) is 21.9 Å². The summed E-state index contributed by atoms with van der Waals surface area (Å²) in [6.45, 7) is 3.32. The number of benzene rings is 5. The minimum absolute atomic E-state index is 0.00708. The molecular weight excluding hydrogens is 666 g/mol. The Morgan fingerprint density at radius 3 is 2.23 bits per heavy atom. The van der Waals surface area contributed by atoms with E-state index in [-0.39, 0.29) is 37.2 Å². The summed E-state index contributed by atoms with van der Waals surface area (Å²) in [6.07, 6.45) is 1.40. The van der Waals surface area contributed by atoms with Gasteiger partial charge in [-0.15, -0.1) is 0 Å². The van der Waals surface area contributed by atoms with Crippen molar-refractivity contribution >= 4 is 22.6 Å². The monoisotopic (exact) mass is 715 g/mol. The fraction of sp³-hybridized carbons (Fsp3) is 0.318. The third-order valence-electron chi connectivity index (χ3n) is 10.2. The first-order valence-electron chi connectivity index (χ1n) is 18.4. The predicted molar refractivity (Wildman–Crippen MR) is 206 cm³/mol. The molecule has 0 aliphatic carbocycles. The quantitative estimate of drug-likeness (QED) is 0.0494. The van der Waals surface area contributed by atoms with Gasteiger partial charge in [0.2, 0.25) is 11.8 Å². The van der Waals surface area contributed by atoms with Gasteiger partial charge >= 0.3 is 0 Å². The molecule has 276 valence electrons. The van der Waals surface area contributed by atoms with Gasteiger partial charge < -0.3 is 19.9 Å². The average Bonchev–Trinajstić information content (AvgIpc) is 3.21. The lowest BCUT2D eigenvalue weighted by atomic mass is 9.97. The number of aliphatic hydroxyl groups is 1. The Hall–Kier alpha value is -4.90. The molecule has 0 aromatic heterocycles. The second-order valence-electron chi connectivity index (χ2n) is 13.9. The summed E-state index contributed by atoms with van der Waals surface area (Å²) >= 11 is 0. The van der Waals surface area contributed by atoms with Gasteiger partial charge in [0.1, 0.15) is 0 Å². The van der Waals surface area contributed by atoms with Crippen LogP contribution in [0.1, 0.15) is 85.3 Å². The Balaban J connectivity index is 1.15. The van der Waals surface area contributed by atoms with Gasteiger partial charge in [-0.2, -0.15) is 0 Å². The molecule has 0 spiro atoms. The number of aliphatic hydroxyl groups excluding tert-OH is 1. The Bertz CT molecular complexity index is 1970. The summed E-state index contributed by atoms with van der Waals surface area (Å²) in [4.78, 5) is 26.1. The number of nitrogens with zero attached hydrogens (tertiary/aromatic N) is 1. The van der Waals surface area contributed by atoms with Crippen LogP contribution in [-0.2, 0) is 32.2 Å². The van der Waals surface area contributed by atoms with Crippen LogP contribution >= 0.6 is 0 Å². The van der Waals surface area contributed by atoms with E-state index in [1.807, 2.05) is 60.7 Å². The van der Waals surface area contributed by atoms with E-state index in [2.05, 4.69) is 78.8 Å². The van der Waals surface area contributed by atoms with Gasteiger partial charge in [-0.3, -0.25) is 19.7 Å². The zero-order valence-electron chi connectivity index (χ0n) is 30.4. The lowest BCUT2D eigenvalue weighted by molar-refractivity contribution is -0.253. The number of amides is 2. The van der Waals surface area contributed by atoms with Crippen molar-refractivity contribution in [2.24, 2.45) is 0 Å². The fourth-order valence-electron chi connectivity index (χ4n) is 6.92. The summed E-state index contributed by atoms with van der Waals surface area (Å²) < 4.78 is 13.3. The number of rotatable bonds is 15. The molecule has 0 unspecified atom stereocenters. The zero-order valence-corrected chi connectivity index (χ0v) is 30.4. The molecule has 1 saturated heterocycles. The maximum absolute atomic E-state index is 12.5. The molecule has 1 fully saturated rings. The SMILES string of the molecule is C[C@H](c1ccc2ccccc2c1)N(C)C[C@@H]1C[C@H](c2ccc(CO)cc2)O[C@H](c2ccc(-c3ccccc3CNC(=O)CCCCC(=O)NO)cc2)O1. The molecule has 4 atom stereocenters. The second kappa shape index (κ2) is 18.2. The molecule has 1 aliphatic heterocycles. The third kappa shape index (κ3) is 9.95. The molecule has 53 heavy (non-hydrogen) atoms. The van der Waals surface area contributed by atoms with E-state index in [4.69, 9.17) is 14.7 Å². The van der Waals surface area contributed by atoms with Crippen LogP contribution in [0.3, 0.4) is 0 Å². The van der Waals surface area contributed by atoms with Gasteiger partial charge in [-0.1, -0.05) is 109 Å². The van der Waals surface area contributed by atoms with Crippen molar-refractivity contribution in [3.8, 4) is 11.1 Å². The molecule has 5 aromatic carbocycles. The molecule has 2 amide bonds. The van der Waals surface area contributed by atoms with E-state index in [0.717, 1.165) is 33.4 Å². The van der Waals surface area contributed by atoms with Gasteiger partial charge in [0.05, 0.1) is 18.8 Å². The number of hydrogen-bond acceptors (Lipinski definition) is 7. The topological polar surface area (TPSA) is 120 Å². The molecular formula is C44H49N3O6. The molecule has 1 heterocycles. The van der Waals surface area contributed by atoms with Crippen molar-refractivity contribution < 1.29 is 29.4 Å². The van der Waals surface area contributed by atoms with E-state index < -0.39 is 12.2 Å². The summed E-state index contributed by atoms with van der Waals surface area (Å²) in [5.74, 6) is -0.534. The van der Waals surface area contributed by atoms with Crippen LogP contribution < -0.4 is 10.8 Å². The number of carbonyl (C=O) groups excluding carboxylic acids is 2. The van der Waals surface area contributed by atoms with Crippen molar-refractivity contribution in [2.75, 3.05) is 13.6 Å². The van der Waals surface area contributed by atoms with Gasteiger partial charge in [0.15, 0.2) is 6.29 Å². The van der Waals surface area contributed by atoms with E-state index in [1.54, 1.807) is 5.48 Å². The van der Waals surface area contributed by atoms with Crippen LogP contribution in [0.2, 0.25) is 0 Å². The zero-order chi connectivity index (χ0) is 37.2. The van der Waals surface area contributed by atoms with Gasteiger partial charge in [0, 0.05) is 44.0 Å². The predicted octanol–water partition coefficient (Wildman–Crippen LogP) is 7.92. The molecule has 0 saturated carbocycles. The number of ether oxygens (including phenoxy) is 2. The highest BCUT2D eigenvalue weighted by molar-refractivity contribution is 5.83. The van der Waals surface area contributed by atoms with Crippen molar-refractivity contribution in [2.45, 2.75) is 76.7 Å². The minimum atomic E-state index is -0.576. The smallest absolute Gasteiger partial charge is 0.243 e. The highest BCUT2D eigenvalue weighted by Crippen LogP contribution is 2.39. The van der Waals surface area contributed by atoms with E-state index in [9.17, 15) is 14.7 Å². The van der Waals surface area contributed by atoms with Crippen LogP contribution in [0.4, 0.5) is 0 Å². The fourth-order valence-corrected chi connectivity index (χ4v) is 6.92. The van der Waals surface area contributed by atoms with E-state index >= 15 is 0 Å². The minimum Gasteiger partial charge on any atom is -0.392 e. The Morgan fingerprint density at radius 1 is 0.811 bits per heavy atom. The average molecular weight is 716 g/mol. The Labute approximate surface area is 311 Å². The van der Waals surface area contributed by atoms with E-state index in [1.165, 1.54) is 16.3 Å². The molecule has 5 aromatic rings. The first-order valence-corrected chi connectivity index (χ1v) is 18.4. The summed E-state index contributed by atoms with van der Waals surface area (Å²) in [5.41, 5.74) is 8.73. The second-order valence-corrected chi connectivity index (χ2v) is 13.9. The number of fused-ring (bicyclic) bond motifs is 1. The van der Waals surface area contributed by atoms with Crippen molar-refractivity contribution in [1.29, 1.82) is 0 Å². The summed E-state index contributed by atoms with van der Waals surface area (Å²) in [7, 11) is 2.15. The lowest BCUT2D eigenvalue weighted by Crippen LogP contribution is -2.38.